The van der Waals surface area contributed by atoms with E-state index in [0.717, 1.165) is 56.6 Å². The van der Waals surface area contributed by atoms with E-state index in [1.54, 1.807) is 0 Å². The molecule has 0 N–H and O–H groups in total. The zero-order valence-electron chi connectivity index (χ0n) is 13.7. The maximum absolute atomic E-state index is 12.3. The summed E-state index contributed by atoms with van der Waals surface area (Å²) in [4.78, 5) is 5.86. The van der Waals surface area contributed by atoms with Gasteiger partial charge in [-0.1, -0.05) is 18.2 Å². The number of nitrogens with zero attached hydrogens (tertiary/aromatic N) is 2. The Kier molecular flexibility index (Phi) is 7.52. The molecule has 1 aromatic rings. The van der Waals surface area contributed by atoms with E-state index in [4.69, 9.17) is 4.74 Å². The summed E-state index contributed by atoms with van der Waals surface area (Å²) in [6.07, 6.45) is 0. The van der Waals surface area contributed by atoms with Crippen LogP contribution < -0.4 is 0 Å². The van der Waals surface area contributed by atoms with Gasteiger partial charge in [0.25, 0.3) is 0 Å². The Morgan fingerprint density at radius 3 is 2.68 bits per heavy atom. The van der Waals surface area contributed by atoms with Crippen LogP contribution in [0.3, 0.4) is 0 Å². The molecule has 1 fully saturated rings. The molecule has 1 saturated heterocycles. The summed E-state index contributed by atoms with van der Waals surface area (Å²) in [5.74, 6) is 0.718. The van der Waals surface area contributed by atoms with Crippen LogP contribution >= 0.6 is 0 Å². The third-order valence-corrected chi connectivity index (χ3v) is 5.53. The van der Waals surface area contributed by atoms with Gasteiger partial charge in [-0.3, -0.25) is 14.0 Å². The van der Waals surface area contributed by atoms with Gasteiger partial charge in [0.1, 0.15) is 0 Å². The highest BCUT2D eigenvalue weighted by molar-refractivity contribution is 7.85. The molecule has 1 heterocycles. The molecule has 0 amide bonds. The second-order valence-electron chi connectivity index (χ2n) is 5.75. The number of hydrogen-bond acceptors (Lipinski definition) is 4. The Bertz CT molecular complexity index is 455. The van der Waals surface area contributed by atoms with E-state index in [1.165, 1.54) is 0 Å². The van der Waals surface area contributed by atoms with Crippen molar-refractivity contribution in [3.8, 4) is 0 Å². The first-order chi connectivity index (χ1) is 10.7. The van der Waals surface area contributed by atoms with Crippen LogP contribution in [0.2, 0.25) is 0 Å². The molecule has 0 radical (unpaired) electrons. The van der Waals surface area contributed by atoms with Crippen molar-refractivity contribution in [2.24, 2.45) is 0 Å². The van der Waals surface area contributed by atoms with Crippen molar-refractivity contribution in [3.05, 3.63) is 30.3 Å². The Hall–Kier alpha value is -0.750. The first-order valence-electron chi connectivity index (χ1n) is 8.18. The average molecular weight is 324 g/mol. The fraction of sp³-hybridized carbons (Fsp3) is 0.647. The summed E-state index contributed by atoms with van der Waals surface area (Å²) in [5, 5.41) is 0. The van der Waals surface area contributed by atoms with Gasteiger partial charge in [-0.25, -0.2) is 0 Å². The molecule has 4 nitrogen and oxygen atoms in total. The van der Waals surface area contributed by atoms with Crippen molar-refractivity contribution in [3.63, 3.8) is 0 Å². The fourth-order valence-electron chi connectivity index (χ4n) is 2.83. The van der Waals surface area contributed by atoms with Crippen molar-refractivity contribution >= 4 is 10.8 Å². The molecule has 0 saturated carbocycles. The largest absolute Gasteiger partial charge is 0.380 e. The predicted molar refractivity (Wildman–Crippen MR) is 91.7 cm³/mol. The SMILES string of the molecule is CCOCCN1CCN(CC[S@@](=O)c2ccccc2)C[C@@H]1C. The normalized spacial score (nSPS) is 21.8. The quantitative estimate of drug-likeness (QED) is 0.683. The van der Waals surface area contributed by atoms with Crippen LogP contribution in [0, 0.1) is 0 Å². The fourth-order valence-corrected chi connectivity index (χ4v) is 3.95. The number of hydrogen-bond donors (Lipinski definition) is 0. The van der Waals surface area contributed by atoms with Crippen molar-refractivity contribution in [1.29, 1.82) is 0 Å². The van der Waals surface area contributed by atoms with E-state index in [2.05, 4.69) is 16.7 Å². The van der Waals surface area contributed by atoms with Gasteiger partial charge >= 0.3 is 0 Å². The lowest BCUT2D eigenvalue weighted by Crippen LogP contribution is -2.53. The lowest BCUT2D eigenvalue weighted by molar-refractivity contribution is 0.0516. The van der Waals surface area contributed by atoms with Crippen LogP contribution in [0.15, 0.2) is 35.2 Å². The van der Waals surface area contributed by atoms with E-state index in [-0.39, 0.29) is 0 Å². The third-order valence-electron chi connectivity index (χ3n) is 4.18. The molecule has 0 bridgehead atoms. The Morgan fingerprint density at radius 1 is 1.23 bits per heavy atom. The molecule has 2 rings (SSSR count). The zero-order valence-corrected chi connectivity index (χ0v) is 14.6. The second kappa shape index (κ2) is 9.40. The summed E-state index contributed by atoms with van der Waals surface area (Å²) < 4.78 is 17.7. The second-order valence-corrected chi connectivity index (χ2v) is 7.32. The summed E-state index contributed by atoms with van der Waals surface area (Å²) in [5.41, 5.74) is 0. The van der Waals surface area contributed by atoms with Crippen LogP contribution in [0.4, 0.5) is 0 Å². The number of benzene rings is 1. The monoisotopic (exact) mass is 324 g/mol. The highest BCUT2D eigenvalue weighted by Crippen LogP contribution is 2.11. The van der Waals surface area contributed by atoms with Gasteiger partial charge in [0.15, 0.2) is 0 Å². The maximum atomic E-state index is 12.3. The molecular formula is C17H28N2O2S. The smallest absolute Gasteiger partial charge is 0.0593 e. The van der Waals surface area contributed by atoms with Gasteiger partial charge < -0.3 is 4.74 Å². The van der Waals surface area contributed by atoms with Gasteiger partial charge in [0.05, 0.1) is 17.4 Å². The van der Waals surface area contributed by atoms with Crippen LogP contribution in [0.25, 0.3) is 0 Å². The minimum Gasteiger partial charge on any atom is -0.380 e. The zero-order chi connectivity index (χ0) is 15.8. The van der Waals surface area contributed by atoms with Crippen molar-refractivity contribution in [1.82, 2.24) is 9.80 Å². The molecule has 22 heavy (non-hydrogen) atoms. The van der Waals surface area contributed by atoms with E-state index in [9.17, 15) is 4.21 Å². The molecule has 1 aromatic carbocycles. The molecule has 0 spiro atoms. The lowest BCUT2D eigenvalue weighted by Gasteiger charge is -2.39. The number of ether oxygens (including phenoxy) is 1. The molecule has 1 aliphatic heterocycles. The Morgan fingerprint density at radius 2 is 2.00 bits per heavy atom. The Balaban J connectivity index is 1.71. The molecule has 0 aromatic heterocycles. The van der Waals surface area contributed by atoms with Crippen molar-refractivity contribution < 1.29 is 8.95 Å². The van der Waals surface area contributed by atoms with Gasteiger partial charge in [-0.15, -0.1) is 0 Å². The van der Waals surface area contributed by atoms with Crippen LogP contribution in [0.5, 0.6) is 0 Å². The minimum atomic E-state index is -0.886. The first kappa shape index (κ1) is 17.6. The first-order valence-corrected chi connectivity index (χ1v) is 9.50. The van der Waals surface area contributed by atoms with E-state index in [1.807, 2.05) is 37.3 Å². The summed E-state index contributed by atoms with van der Waals surface area (Å²) in [6.45, 7) is 11.0. The molecule has 2 atom stereocenters. The van der Waals surface area contributed by atoms with Crippen molar-refractivity contribution in [2.75, 3.05) is 51.7 Å². The topological polar surface area (TPSA) is 32.8 Å². The molecule has 0 aliphatic carbocycles. The third kappa shape index (κ3) is 5.47. The van der Waals surface area contributed by atoms with Gasteiger partial charge in [0.2, 0.25) is 0 Å². The number of piperazine rings is 1. The van der Waals surface area contributed by atoms with Crippen molar-refractivity contribution in [2.45, 2.75) is 24.8 Å². The van der Waals surface area contributed by atoms with Gasteiger partial charge in [0, 0.05) is 56.0 Å². The molecule has 124 valence electrons. The van der Waals surface area contributed by atoms with E-state index < -0.39 is 10.8 Å². The van der Waals surface area contributed by atoms with Crippen LogP contribution in [-0.2, 0) is 15.5 Å². The lowest BCUT2D eigenvalue weighted by atomic mass is 10.2. The molecule has 1 aliphatic rings. The van der Waals surface area contributed by atoms with Gasteiger partial charge in [-0.05, 0) is 26.0 Å². The molecular weight excluding hydrogens is 296 g/mol. The summed E-state index contributed by atoms with van der Waals surface area (Å²) >= 11 is 0. The van der Waals surface area contributed by atoms with Crippen LogP contribution in [-0.4, -0.2) is 71.7 Å². The van der Waals surface area contributed by atoms with E-state index >= 15 is 0 Å². The summed E-state index contributed by atoms with van der Waals surface area (Å²) in [7, 11) is -0.886. The summed E-state index contributed by atoms with van der Waals surface area (Å²) in [6, 6.07) is 10.3. The predicted octanol–water partition coefficient (Wildman–Crippen LogP) is 1.84. The minimum absolute atomic E-state index is 0.541. The van der Waals surface area contributed by atoms with Crippen LogP contribution in [0.1, 0.15) is 13.8 Å². The average Bonchev–Trinajstić information content (AvgIpc) is 2.55. The van der Waals surface area contributed by atoms with E-state index in [0.29, 0.717) is 6.04 Å². The van der Waals surface area contributed by atoms with Gasteiger partial charge in [-0.2, -0.15) is 0 Å². The highest BCUT2D eigenvalue weighted by atomic mass is 32.2. The highest BCUT2D eigenvalue weighted by Gasteiger charge is 2.23. The standard InChI is InChI=1S/C17H28N2O2S/c1-3-21-13-11-19-10-9-18(15-16(19)2)12-14-22(20)17-7-5-4-6-8-17/h4-8,16H,3,9-15H2,1-2H3/t16-,22+/m0/s1. The molecule has 5 heteroatoms. The number of rotatable bonds is 8. The maximum Gasteiger partial charge on any atom is 0.0593 e. The Labute approximate surface area is 136 Å². The molecule has 0 unspecified atom stereocenters.